The number of nitrogens with zero attached hydrogens (tertiary/aromatic N) is 2. The summed E-state index contributed by atoms with van der Waals surface area (Å²) in [5.74, 6) is -1.27. The second-order valence-corrected chi connectivity index (χ2v) is 4.08. The number of ether oxygens (including phenoxy) is 1. The first-order valence-corrected chi connectivity index (χ1v) is 5.79. The average molecular weight is 255 g/mol. The van der Waals surface area contributed by atoms with E-state index < -0.39 is 18.1 Å². The number of nitriles is 1. The Balaban J connectivity index is 2.47. The minimum Gasteiger partial charge on any atom is -0.481 e. The Bertz CT molecular complexity index is 353. The summed E-state index contributed by atoms with van der Waals surface area (Å²) in [6.45, 7) is 3.48. The standard InChI is InChI=1S/C11H17N3O4/c1-8(7-12)18-5-4-14-3-2-13-11(17)9(14)6-10(15)16/h8-9H,2-6H2,1H3,(H,13,17)(H,15,16). The number of hydrogen-bond acceptors (Lipinski definition) is 5. The van der Waals surface area contributed by atoms with Gasteiger partial charge in [-0.05, 0) is 6.92 Å². The fourth-order valence-corrected chi connectivity index (χ4v) is 1.80. The van der Waals surface area contributed by atoms with Crippen LogP contribution < -0.4 is 5.32 Å². The highest BCUT2D eigenvalue weighted by molar-refractivity contribution is 5.86. The lowest BCUT2D eigenvalue weighted by Crippen LogP contribution is -2.56. The van der Waals surface area contributed by atoms with Crippen molar-refractivity contribution in [1.29, 1.82) is 5.26 Å². The van der Waals surface area contributed by atoms with Crippen LogP contribution in [0, 0.1) is 11.3 Å². The van der Waals surface area contributed by atoms with Crippen LogP contribution in [0.15, 0.2) is 0 Å². The maximum absolute atomic E-state index is 11.6. The highest BCUT2D eigenvalue weighted by Crippen LogP contribution is 2.08. The van der Waals surface area contributed by atoms with E-state index in [9.17, 15) is 9.59 Å². The van der Waals surface area contributed by atoms with Gasteiger partial charge in [0.1, 0.15) is 6.10 Å². The van der Waals surface area contributed by atoms with Crippen molar-refractivity contribution < 1.29 is 19.4 Å². The Morgan fingerprint density at radius 1 is 1.78 bits per heavy atom. The molecule has 1 fully saturated rings. The number of carbonyl (C=O) groups excluding carboxylic acids is 1. The van der Waals surface area contributed by atoms with Crippen molar-refractivity contribution >= 4 is 11.9 Å². The van der Waals surface area contributed by atoms with Crippen LogP contribution in [0.2, 0.25) is 0 Å². The summed E-state index contributed by atoms with van der Waals surface area (Å²) in [4.78, 5) is 24.1. The number of amides is 1. The molecule has 0 spiro atoms. The lowest BCUT2D eigenvalue weighted by molar-refractivity contribution is -0.143. The van der Waals surface area contributed by atoms with E-state index in [1.165, 1.54) is 0 Å². The second kappa shape index (κ2) is 6.93. The first kappa shape index (κ1) is 14.4. The molecule has 0 bridgehead atoms. The lowest BCUT2D eigenvalue weighted by Gasteiger charge is -2.34. The predicted molar refractivity (Wildman–Crippen MR) is 61.7 cm³/mol. The van der Waals surface area contributed by atoms with Crippen molar-refractivity contribution in [2.45, 2.75) is 25.5 Å². The summed E-state index contributed by atoms with van der Waals surface area (Å²) in [7, 11) is 0. The van der Waals surface area contributed by atoms with Gasteiger partial charge in [0.05, 0.1) is 25.1 Å². The molecular weight excluding hydrogens is 238 g/mol. The van der Waals surface area contributed by atoms with Gasteiger partial charge >= 0.3 is 5.97 Å². The molecule has 0 aromatic heterocycles. The largest absolute Gasteiger partial charge is 0.481 e. The zero-order valence-electron chi connectivity index (χ0n) is 10.3. The molecule has 1 aliphatic heterocycles. The number of hydrogen-bond donors (Lipinski definition) is 2. The number of aliphatic carboxylic acids is 1. The molecule has 1 rings (SSSR count). The second-order valence-electron chi connectivity index (χ2n) is 4.08. The molecule has 100 valence electrons. The summed E-state index contributed by atoms with van der Waals surface area (Å²) in [5, 5.41) is 20.0. The van der Waals surface area contributed by atoms with Gasteiger partial charge in [-0.15, -0.1) is 0 Å². The van der Waals surface area contributed by atoms with Gasteiger partial charge in [0.25, 0.3) is 0 Å². The predicted octanol–water partition coefficient (Wildman–Crippen LogP) is -0.810. The van der Waals surface area contributed by atoms with Crippen LogP contribution in [0.3, 0.4) is 0 Å². The van der Waals surface area contributed by atoms with Gasteiger partial charge in [-0.2, -0.15) is 5.26 Å². The molecule has 1 aliphatic rings. The van der Waals surface area contributed by atoms with Crippen molar-refractivity contribution in [2.24, 2.45) is 0 Å². The van der Waals surface area contributed by atoms with Crippen molar-refractivity contribution in [3.63, 3.8) is 0 Å². The summed E-state index contributed by atoms with van der Waals surface area (Å²) < 4.78 is 5.20. The van der Waals surface area contributed by atoms with Crippen molar-refractivity contribution in [3.05, 3.63) is 0 Å². The van der Waals surface area contributed by atoms with Gasteiger partial charge in [0, 0.05) is 19.6 Å². The third-order valence-electron chi connectivity index (χ3n) is 2.74. The number of rotatable bonds is 6. The molecule has 2 N–H and O–H groups in total. The van der Waals surface area contributed by atoms with E-state index >= 15 is 0 Å². The highest BCUT2D eigenvalue weighted by Gasteiger charge is 2.31. The van der Waals surface area contributed by atoms with E-state index in [1.54, 1.807) is 11.8 Å². The molecule has 1 heterocycles. The van der Waals surface area contributed by atoms with Crippen molar-refractivity contribution in [3.8, 4) is 6.07 Å². The van der Waals surface area contributed by atoms with E-state index in [0.717, 1.165) is 0 Å². The molecule has 0 saturated carbocycles. The first-order chi connectivity index (χ1) is 8.54. The Morgan fingerprint density at radius 3 is 3.11 bits per heavy atom. The number of carboxylic acid groups (broad SMARTS) is 1. The van der Waals surface area contributed by atoms with E-state index in [-0.39, 0.29) is 12.3 Å². The monoisotopic (exact) mass is 255 g/mol. The zero-order chi connectivity index (χ0) is 13.5. The van der Waals surface area contributed by atoms with Crippen LogP contribution >= 0.6 is 0 Å². The van der Waals surface area contributed by atoms with Gasteiger partial charge < -0.3 is 15.2 Å². The summed E-state index contributed by atoms with van der Waals surface area (Å²) in [5.41, 5.74) is 0. The molecule has 0 aromatic rings. The molecule has 0 aromatic carbocycles. The number of piperazine rings is 1. The summed E-state index contributed by atoms with van der Waals surface area (Å²) in [6.07, 6.45) is -0.721. The quantitative estimate of drug-likeness (QED) is 0.643. The van der Waals surface area contributed by atoms with Crippen LogP contribution in [-0.2, 0) is 14.3 Å². The minimum absolute atomic E-state index is 0.223. The molecule has 18 heavy (non-hydrogen) atoms. The Morgan fingerprint density at radius 2 is 2.50 bits per heavy atom. The van der Waals surface area contributed by atoms with Crippen LogP contribution in [0.5, 0.6) is 0 Å². The van der Waals surface area contributed by atoms with Crippen molar-refractivity contribution in [1.82, 2.24) is 10.2 Å². The summed E-state index contributed by atoms with van der Waals surface area (Å²) >= 11 is 0. The molecule has 1 saturated heterocycles. The van der Waals surface area contributed by atoms with E-state index in [2.05, 4.69) is 5.32 Å². The fraction of sp³-hybridized carbons (Fsp3) is 0.727. The van der Waals surface area contributed by atoms with E-state index in [0.29, 0.717) is 26.2 Å². The van der Waals surface area contributed by atoms with Gasteiger partial charge in [-0.25, -0.2) is 0 Å². The Hall–Kier alpha value is -1.65. The highest BCUT2D eigenvalue weighted by atomic mass is 16.5. The number of carboxylic acids is 1. The van der Waals surface area contributed by atoms with E-state index in [1.807, 2.05) is 6.07 Å². The topological polar surface area (TPSA) is 103 Å². The lowest BCUT2D eigenvalue weighted by atomic mass is 10.1. The van der Waals surface area contributed by atoms with Crippen LogP contribution in [0.4, 0.5) is 0 Å². The molecule has 2 unspecified atom stereocenters. The first-order valence-electron chi connectivity index (χ1n) is 5.79. The molecule has 0 aliphatic carbocycles. The Kier molecular flexibility index (Phi) is 5.55. The zero-order valence-corrected chi connectivity index (χ0v) is 10.3. The normalized spacial score (nSPS) is 22.0. The van der Waals surface area contributed by atoms with Gasteiger partial charge in [-0.3, -0.25) is 14.5 Å². The van der Waals surface area contributed by atoms with Gasteiger partial charge in [0.2, 0.25) is 5.91 Å². The van der Waals surface area contributed by atoms with Crippen LogP contribution in [-0.4, -0.2) is 60.3 Å². The van der Waals surface area contributed by atoms with Gasteiger partial charge in [0.15, 0.2) is 0 Å². The molecule has 0 radical (unpaired) electrons. The number of nitrogens with one attached hydrogen (secondary N) is 1. The maximum Gasteiger partial charge on any atom is 0.305 e. The third-order valence-corrected chi connectivity index (χ3v) is 2.74. The maximum atomic E-state index is 11.6. The van der Waals surface area contributed by atoms with Gasteiger partial charge in [-0.1, -0.05) is 0 Å². The molecule has 7 heteroatoms. The number of carbonyl (C=O) groups is 2. The van der Waals surface area contributed by atoms with Crippen molar-refractivity contribution in [2.75, 3.05) is 26.2 Å². The third kappa shape index (κ3) is 4.31. The SMILES string of the molecule is CC(C#N)OCCN1CCNC(=O)C1CC(=O)O. The van der Waals surface area contributed by atoms with Crippen LogP contribution in [0.1, 0.15) is 13.3 Å². The average Bonchev–Trinajstić information content (AvgIpc) is 2.32. The molecular formula is C11H17N3O4. The summed E-state index contributed by atoms with van der Waals surface area (Å²) in [6, 6.07) is 1.29. The Labute approximate surface area is 105 Å². The smallest absolute Gasteiger partial charge is 0.305 e. The molecule has 2 atom stereocenters. The molecule has 7 nitrogen and oxygen atoms in total. The fourth-order valence-electron chi connectivity index (χ4n) is 1.80. The van der Waals surface area contributed by atoms with E-state index in [4.69, 9.17) is 15.1 Å². The molecule has 1 amide bonds. The van der Waals surface area contributed by atoms with Crippen LogP contribution in [0.25, 0.3) is 0 Å². The minimum atomic E-state index is -1.01.